The molecule has 2 aromatic rings. The Kier molecular flexibility index (Phi) is 3.78. The molecule has 7 nitrogen and oxygen atoms in total. The van der Waals surface area contributed by atoms with E-state index in [1.165, 1.54) is 0 Å². The van der Waals surface area contributed by atoms with Crippen molar-refractivity contribution >= 4 is 16.9 Å². The molecule has 2 atom stereocenters. The smallest absolute Gasteiger partial charge is 0.163 e. The molecule has 0 amide bonds. The Bertz CT molecular complexity index is 663. The maximum Gasteiger partial charge on any atom is 0.163 e. The highest BCUT2D eigenvalue weighted by atomic mass is 16.3. The third kappa shape index (κ3) is 2.55. The van der Waals surface area contributed by atoms with Gasteiger partial charge in [0, 0.05) is 25.6 Å². The summed E-state index contributed by atoms with van der Waals surface area (Å²) in [5.41, 5.74) is 0.646. The minimum Gasteiger partial charge on any atom is -0.396 e. The number of rotatable bonds is 2. The summed E-state index contributed by atoms with van der Waals surface area (Å²) in [6.45, 7) is 7.50. The summed E-state index contributed by atoms with van der Waals surface area (Å²) in [7, 11) is 0. The largest absolute Gasteiger partial charge is 0.396 e. The molecule has 0 bridgehead atoms. The second-order valence-electron chi connectivity index (χ2n) is 6.91. The van der Waals surface area contributed by atoms with Crippen LogP contribution in [-0.2, 0) is 5.54 Å². The molecular formula is C15H23N5O2. The van der Waals surface area contributed by atoms with E-state index in [4.69, 9.17) is 0 Å². The standard InChI is InChI=1S/C15H23N5O2/c1-15(2,3)20-14-11(6-18-20)13(16-9-17-14)19-5-4-10(8-21)12(22)7-19/h6,9-10,12,21-22H,4-5,7-8H2,1-3H3/t10-,12-/m1/s1. The van der Waals surface area contributed by atoms with Crippen molar-refractivity contribution in [2.45, 2.75) is 38.8 Å². The highest BCUT2D eigenvalue weighted by Gasteiger charge is 2.29. The van der Waals surface area contributed by atoms with Gasteiger partial charge in [0.1, 0.15) is 12.1 Å². The minimum atomic E-state index is -0.540. The van der Waals surface area contributed by atoms with E-state index in [9.17, 15) is 10.2 Å². The summed E-state index contributed by atoms with van der Waals surface area (Å²) in [5.74, 6) is 0.752. The molecule has 1 aliphatic heterocycles. The van der Waals surface area contributed by atoms with E-state index in [1.54, 1.807) is 12.5 Å². The molecule has 1 fully saturated rings. The minimum absolute atomic E-state index is 0.0240. The number of hydrogen-bond donors (Lipinski definition) is 2. The lowest BCUT2D eigenvalue weighted by atomic mass is 9.95. The molecule has 0 unspecified atom stereocenters. The summed E-state index contributed by atoms with van der Waals surface area (Å²) in [4.78, 5) is 10.8. The molecule has 2 aromatic heterocycles. The van der Waals surface area contributed by atoms with Gasteiger partial charge in [0.25, 0.3) is 0 Å². The van der Waals surface area contributed by atoms with E-state index in [0.717, 1.165) is 29.8 Å². The molecule has 3 rings (SSSR count). The van der Waals surface area contributed by atoms with Crippen LogP contribution in [0.5, 0.6) is 0 Å². The monoisotopic (exact) mass is 305 g/mol. The first-order valence-electron chi connectivity index (χ1n) is 7.65. The third-order valence-electron chi connectivity index (χ3n) is 4.24. The van der Waals surface area contributed by atoms with Crippen molar-refractivity contribution in [2.75, 3.05) is 24.6 Å². The Labute approximate surface area is 129 Å². The average Bonchev–Trinajstić information content (AvgIpc) is 2.91. The van der Waals surface area contributed by atoms with E-state index in [2.05, 4.69) is 40.7 Å². The fourth-order valence-corrected chi connectivity index (χ4v) is 2.96. The normalized spacial score (nSPS) is 23.2. The summed E-state index contributed by atoms with van der Waals surface area (Å²) >= 11 is 0. The van der Waals surface area contributed by atoms with Gasteiger partial charge in [-0.2, -0.15) is 5.10 Å². The van der Waals surface area contributed by atoms with Crippen molar-refractivity contribution in [3.05, 3.63) is 12.5 Å². The molecule has 120 valence electrons. The number of aliphatic hydroxyl groups excluding tert-OH is 2. The Morgan fingerprint density at radius 2 is 2.09 bits per heavy atom. The zero-order valence-electron chi connectivity index (χ0n) is 13.3. The van der Waals surface area contributed by atoms with Crippen LogP contribution < -0.4 is 4.90 Å². The maximum absolute atomic E-state index is 10.1. The zero-order chi connectivity index (χ0) is 15.9. The first kappa shape index (κ1) is 15.2. The fraction of sp³-hybridized carbons (Fsp3) is 0.667. The van der Waals surface area contributed by atoms with Crippen molar-refractivity contribution in [3.8, 4) is 0 Å². The number of anilines is 1. The quantitative estimate of drug-likeness (QED) is 0.852. The fourth-order valence-electron chi connectivity index (χ4n) is 2.96. The summed E-state index contributed by atoms with van der Waals surface area (Å²) < 4.78 is 1.89. The second-order valence-corrected chi connectivity index (χ2v) is 6.91. The highest BCUT2D eigenvalue weighted by Crippen LogP contribution is 2.29. The number of hydrogen-bond acceptors (Lipinski definition) is 6. The van der Waals surface area contributed by atoms with Gasteiger partial charge in [-0.3, -0.25) is 0 Å². The van der Waals surface area contributed by atoms with Crippen molar-refractivity contribution in [1.29, 1.82) is 0 Å². The molecule has 0 radical (unpaired) electrons. The van der Waals surface area contributed by atoms with Crippen LogP contribution >= 0.6 is 0 Å². The number of β-amino-alcohol motifs (C(OH)–C–C–N with tert-alkyl or cyclic N) is 1. The van der Waals surface area contributed by atoms with Crippen LogP contribution in [-0.4, -0.2) is 55.8 Å². The predicted octanol–water partition coefficient (Wildman–Crippen LogP) is 0.761. The second kappa shape index (κ2) is 5.48. The van der Waals surface area contributed by atoms with Gasteiger partial charge in [0.05, 0.1) is 23.2 Å². The first-order chi connectivity index (χ1) is 10.4. The van der Waals surface area contributed by atoms with E-state index in [1.807, 2.05) is 4.68 Å². The van der Waals surface area contributed by atoms with Crippen LogP contribution in [0.15, 0.2) is 12.5 Å². The van der Waals surface area contributed by atoms with Crippen molar-refractivity contribution in [2.24, 2.45) is 5.92 Å². The Hall–Kier alpha value is -1.73. The highest BCUT2D eigenvalue weighted by molar-refractivity contribution is 5.86. The Morgan fingerprint density at radius 3 is 2.73 bits per heavy atom. The molecule has 0 saturated carbocycles. The topological polar surface area (TPSA) is 87.3 Å². The average molecular weight is 305 g/mol. The van der Waals surface area contributed by atoms with Crippen LogP contribution in [0.25, 0.3) is 11.0 Å². The SMILES string of the molecule is CC(C)(C)n1ncc2c(N3CC[C@H](CO)[C@H](O)C3)ncnc21. The van der Waals surface area contributed by atoms with Gasteiger partial charge in [0.15, 0.2) is 5.65 Å². The number of nitrogens with zero attached hydrogens (tertiary/aromatic N) is 5. The predicted molar refractivity (Wildman–Crippen MR) is 83.7 cm³/mol. The van der Waals surface area contributed by atoms with Crippen molar-refractivity contribution in [3.63, 3.8) is 0 Å². The van der Waals surface area contributed by atoms with Crippen LogP contribution in [0.1, 0.15) is 27.2 Å². The lowest BCUT2D eigenvalue weighted by Gasteiger charge is -2.35. The molecule has 1 saturated heterocycles. The van der Waals surface area contributed by atoms with Gasteiger partial charge in [-0.05, 0) is 27.2 Å². The number of fused-ring (bicyclic) bond motifs is 1. The summed E-state index contributed by atoms with van der Waals surface area (Å²) in [5, 5.41) is 24.8. The van der Waals surface area contributed by atoms with E-state index >= 15 is 0 Å². The van der Waals surface area contributed by atoms with E-state index in [-0.39, 0.29) is 18.1 Å². The van der Waals surface area contributed by atoms with Gasteiger partial charge >= 0.3 is 0 Å². The van der Waals surface area contributed by atoms with Crippen molar-refractivity contribution < 1.29 is 10.2 Å². The summed E-state index contributed by atoms with van der Waals surface area (Å²) in [6.07, 6.45) is 3.55. The van der Waals surface area contributed by atoms with Crippen LogP contribution in [0, 0.1) is 5.92 Å². The lowest BCUT2D eigenvalue weighted by molar-refractivity contribution is 0.0547. The van der Waals surface area contributed by atoms with E-state index in [0.29, 0.717) is 6.54 Å². The molecule has 7 heteroatoms. The molecule has 3 heterocycles. The van der Waals surface area contributed by atoms with Gasteiger partial charge in [-0.1, -0.05) is 0 Å². The molecular weight excluding hydrogens is 282 g/mol. The molecule has 1 aliphatic rings. The molecule has 22 heavy (non-hydrogen) atoms. The lowest BCUT2D eigenvalue weighted by Crippen LogP contribution is -2.45. The number of aromatic nitrogens is 4. The Morgan fingerprint density at radius 1 is 1.32 bits per heavy atom. The van der Waals surface area contributed by atoms with Gasteiger partial charge in [0.2, 0.25) is 0 Å². The summed E-state index contributed by atoms with van der Waals surface area (Å²) in [6, 6.07) is 0. The van der Waals surface area contributed by atoms with Crippen LogP contribution in [0.4, 0.5) is 5.82 Å². The molecule has 0 aliphatic carbocycles. The molecule has 2 N–H and O–H groups in total. The van der Waals surface area contributed by atoms with Crippen molar-refractivity contribution in [1.82, 2.24) is 19.7 Å². The van der Waals surface area contributed by atoms with E-state index < -0.39 is 6.10 Å². The maximum atomic E-state index is 10.1. The Balaban J connectivity index is 1.97. The van der Waals surface area contributed by atoms with Crippen LogP contribution in [0.3, 0.4) is 0 Å². The molecule has 0 aromatic carbocycles. The van der Waals surface area contributed by atoms with Gasteiger partial charge in [-0.25, -0.2) is 14.6 Å². The number of aliphatic hydroxyl groups is 2. The van der Waals surface area contributed by atoms with Crippen LogP contribution in [0.2, 0.25) is 0 Å². The van der Waals surface area contributed by atoms with Gasteiger partial charge < -0.3 is 15.1 Å². The van der Waals surface area contributed by atoms with Gasteiger partial charge in [-0.15, -0.1) is 0 Å². The molecule has 0 spiro atoms. The zero-order valence-corrected chi connectivity index (χ0v) is 13.3. The number of piperidine rings is 1. The first-order valence-corrected chi connectivity index (χ1v) is 7.65. The third-order valence-corrected chi connectivity index (χ3v) is 4.24.